The first-order valence-corrected chi connectivity index (χ1v) is 10.2. The molecule has 8 nitrogen and oxygen atoms in total. The van der Waals surface area contributed by atoms with Crippen LogP contribution in [-0.2, 0) is 0 Å². The van der Waals surface area contributed by atoms with E-state index >= 15 is 0 Å². The third kappa shape index (κ3) is 4.51. The van der Waals surface area contributed by atoms with Crippen LogP contribution in [-0.4, -0.2) is 28.0 Å². The van der Waals surface area contributed by atoms with E-state index in [1.54, 1.807) is 18.5 Å². The monoisotopic (exact) mass is 424 g/mol. The molecule has 6 N–H and O–H groups in total. The average molecular weight is 424 g/mol. The van der Waals surface area contributed by atoms with Crippen molar-refractivity contribution in [1.82, 2.24) is 9.97 Å². The predicted octanol–water partition coefficient (Wildman–Crippen LogP) is 3.71. The number of aryl methyl sites for hydroxylation is 1. The Bertz CT molecular complexity index is 1090. The molecule has 0 aromatic carbocycles. The lowest BCUT2D eigenvalue weighted by molar-refractivity contribution is 0.100. The summed E-state index contributed by atoms with van der Waals surface area (Å²) in [5, 5.41) is 6.15. The molecule has 4 rings (SSSR count). The van der Waals surface area contributed by atoms with E-state index in [4.69, 9.17) is 15.9 Å². The molecular formula is C22H25FN6O2. The minimum atomic E-state index is -0.791. The number of carbonyl (C=O) groups excluding carboxylic acids is 1. The number of primary amides is 1. The Morgan fingerprint density at radius 1 is 1.26 bits per heavy atom. The molecule has 0 saturated heterocycles. The lowest BCUT2D eigenvalue weighted by Gasteiger charge is -2.30. The SMILES string of the molecule is Cc1ncc(Nc2nc(N[C@@H]3CCCC[C@@H]3N)c(F)cc2C(N)=O)cc1-c1ccco1. The quantitative estimate of drug-likeness (QED) is 0.474. The van der Waals surface area contributed by atoms with Crippen LogP contribution in [0.2, 0.25) is 0 Å². The van der Waals surface area contributed by atoms with Crippen molar-refractivity contribution < 1.29 is 13.6 Å². The van der Waals surface area contributed by atoms with Crippen molar-refractivity contribution in [3.05, 3.63) is 53.8 Å². The van der Waals surface area contributed by atoms with Gasteiger partial charge in [-0.15, -0.1) is 0 Å². The van der Waals surface area contributed by atoms with Crippen molar-refractivity contribution in [2.45, 2.75) is 44.7 Å². The largest absolute Gasteiger partial charge is 0.464 e. The van der Waals surface area contributed by atoms with Gasteiger partial charge in [-0.05, 0) is 44.0 Å². The minimum absolute atomic E-state index is 0.0289. The Morgan fingerprint density at radius 3 is 2.77 bits per heavy atom. The zero-order chi connectivity index (χ0) is 22.0. The Morgan fingerprint density at radius 2 is 2.06 bits per heavy atom. The van der Waals surface area contributed by atoms with Crippen molar-refractivity contribution in [2.24, 2.45) is 11.5 Å². The average Bonchev–Trinajstić information content (AvgIpc) is 3.27. The highest BCUT2D eigenvalue weighted by atomic mass is 19.1. The number of nitrogens with one attached hydrogen (secondary N) is 2. The molecule has 0 unspecified atom stereocenters. The Balaban J connectivity index is 1.67. The number of carbonyl (C=O) groups is 1. The first kappa shape index (κ1) is 20.8. The maximum absolute atomic E-state index is 14.7. The predicted molar refractivity (Wildman–Crippen MR) is 117 cm³/mol. The first-order valence-electron chi connectivity index (χ1n) is 10.2. The molecule has 0 aliphatic heterocycles. The topological polar surface area (TPSA) is 132 Å². The van der Waals surface area contributed by atoms with Crippen LogP contribution in [0, 0.1) is 12.7 Å². The van der Waals surface area contributed by atoms with Crippen LogP contribution in [0.5, 0.6) is 0 Å². The molecule has 0 radical (unpaired) electrons. The fourth-order valence-corrected chi connectivity index (χ4v) is 3.81. The van der Waals surface area contributed by atoms with Gasteiger partial charge in [-0.2, -0.15) is 0 Å². The zero-order valence-corrected chi connectivity index (χ0v) is 17.2. The van der Waals surface area contributed by atoms with Crippen LogP contribution in [0.4, 0.5) is 21.7 Å². The first-order chi connectivity index (χ1) is 14.9. The maximum atomic E-state index is 14.7. The molecule has 1 aliphatic rings. The van der Waals surface area contributed by atoms with Gasteiger partial charge in [0.15, 0.2) is 11.6 Å². The second-order valence-electron chi connectivity index (χ2n) is 7.74. The summed E-state index contributed by atoms with van der Waals surface area (Å²) in [6, 6.07) is 6.35. The summed E-state index contributed by atoms with van der Waals surface area (Å²) in [7, 11) is 0. The van der Waals surface area contributed by atoms with Crippen molar-refractivity contribution in [1.29, 1.82) is 0 Å². The fourth-order valence-electron chi connectivity index (χ4n) is 3.81. The third-order valence-electron chi connectivity index (χ3n) is 5.52. The lowest BCUT2D eigenvalue weighted by atomic mass is 9.91. The molecule has 3 aromatic rings. The Labute approximate surface area is 179 Å². The Kier molecular flexibility index (Phi) is 5.85. The number of pyridine rings is 2. The molecule has 1 amide bonds. The van der Waals surface area contributed by atoms with Crippen LogP contribution >= 0.6 is 0 Å². The molecular weight excluding hydrogens is 399 g/mol. The van der Waals surface area contributed by atoms with Crippen molar-refractivity contribution in [2.75, 3.05) is 10.6 Å². The fraction of sp³-hybridized carbons (Fsp3) is 0.318. The molecule has 162 valence electrons. The van der Waals surface area contributed by atoms with Crippen molar-refractivity contribution >= 4 is 23.2 Å². The zero-order valence-electron chi connectivity index (χ0n) is 17.2. The molecule has 3 heterocycles. The van der Waals surface area contributed by atoms with Gasteiger partial charge in [0.2, 0.25) is 0 Å². The maximum Gasteiger partial charge on any atom is 0.252 e. The smallest absolute Gasteiger partial charge is 0.252 e. The number of furan rings is 1. The number of amides is 1. The van der Waals surface area contributed by atoms with Crippen LogP contribution in [0.1, 0.15) is 41.7 Å². The van der Waals surface area contributed by atoms with Gasteiger partial charge in [0.05, 0.1) is 23.7 Å². The van der Waals surface area contributed by atoms with Gasteiger partial charge in [-0.1, -0.05) is 12.8 Å². The van der Waals surface area contributed by atoms with E-state index in [1.165, 1.54) is 0 Å². The van der Waals surface area contributed by atoms with E-state index in [1.807, 2.05) is 19.1 Å². The second-order valence-corrected chi connectivity index (χ2v) is 7.74. The summed E-state index contributed by atoms with van der Waals surface area (Å²) in [6.45, 7) is 1.86. The van der Waals surface area contributed by atoms with Crippen LogP contribution < -0.4 is 22.1 Å². The number of nitrogens with zero attached hydrogens (tertiary/aromatic N) is 2. The summed E-state index contributed by atoms with van der Waals surface area (Å²) in [5.41, 5.74) is 13.7. The Hall–Kier alpha value is -3.46. The van der Waals surface area contributed by atoms with Gasteiger partial charge >= 0.3 is 0 Å². The van der Waals surface area contributed by atoms with E-state index in [2.05, 4.69) is 20.6 Å². The number of aromatic nitrogens is 2. The van der Waals surface area contributed by atoms with E-state index in [0.717, 1.165) is 43.0 Å². The van der Waals surface area contributed by atoms with Gasteiger partial charge in [-0.25, -0.2) is 9.37 Å². The third-order valence-corrected chi connectivity index (χ3v) is 5.52. The highest BCUT2D eigenvalue weighted by molar-refractivity contribution is 5.98. The minimum Gasteiger partial charge on any atom is -0.464 e. The van der Waals surface area contributed by atoms with Gasteiger partial charge in [-0.3, -0.25) is 9.78 Å². The molecule has 31 heavy (non-hydrogen) atoms. The van der Waals surface area contributed by atoms with Crippen LogP contribution in [0.15, 0.2) is 41.1 Å². The lowest BCUT2D eigenvalue weighted by Crippen LogP contribution is -2.43. The number of hydrogen-bond acceptors (Lipinski definition) is 7. The number of nitrogens with two attached hydrogens (primary N) is 2. The summed E-state index contributed by atoms with van der Waals surface area (Å²) >= 11 is 0. The van der Waals surface area contributed by atoms with Gasteiger partial charge < -0.3 is 26.5 Å². The second kappa shape index (κ2) is 8.73. The van der Waals surface area contributed by atoms with E-state index < -0.39 is 11.7 Å². The molecule has 1 aliphatic carbocycles. The molecule has 0 spiro atoms. The molecule has 1 saturated carbocycles. The van der Waals surface area contributed by atoms with E-state index in [9.17, 15) is 9.18 Å². The van der Waals surface area contributed by atoms with Gasteiger partial charge in [0.1, 0.15) is 11.6 Å². The molecule has 9 heteroatoms. The van der Waals surface area contributed by atoms with Crippen molar-refractivity contribution in [3.8, 4) is 11.3 Å². The normalized spacial score (nSPS) is 18.5. The molecule has 2 atom stereocenters. The molecule has 1 fully saturated rings. The van der Waals surface area contributed by atoms with Crippen LogP contribution in [0.3, 0.4) is 0 Å². The molecule has 3 aromatic heterocycles. The standard InChI is InChI=1S/C22H25FN6O2/c1-12-14(19-7-4-8-31-19)9-13(11-26-12)27-21-15(20(25)30)10-16(23)22(29-21)28-18-6-3-2-5-17(18)24/h4,7-11,17-18H,2-3,5-6,24H2,1H3,(H2,25,30)(H2,27,28,29)/t17-,18+/m0/s1. The summed E-state index contributed by atoms with van der Waals surface area (Å²) in [4.78, 5) is 20.6. The van der Waals surface area contributed by atoms with E-state index in [0.29, 0.717) is 11.4 Å². The van der Waals surface area contributed by atoms with Gasteiger partial charge in [0.25, 0.3) is 5.91 Å². The summed E-state index contributed by atoms with van der Waals surface area (Å²) in [6.07, 6.45) is 6.95. The number of rotatable bonds is 6. The number of anilines is 3. The summed E-state index contributed by atoms with van der Waals surface area (Å²) in [5.74, 6) is -0.626. The van der Waals surface area contributed by atoms with Crippen LogP contribution in [0.25, 0.3) is 11.3 Å². The number of hydrogen-bond donors (Lipinski definition) is 4. The van der Waals surface area contributed by atoms with E-state index in [-0.39, 0.29) is 29.3 Å². The highest BCUT2D eigenvalue weighted by Crippen LogP contribution is 2.29. The number of halogens is 1. The van der Waals surface area contributed by atoms with Crippen molar-refractivity contribution in [3.63, 3.8) is 0 Å². The van der Waals surface area contributed by atoms with Gasteiger partial charge in [0, 0.05) is 23.3 Å². The summed E-state index contributed by atoms with van der Waals surface area (Å²) < 4.78 is 20.2. The highest BCUT2D eigenvalue weighted by Gasteiger charge is 2.24. The molecule has 0 bridgehead atoms.